The number of nitrogens with two attached hydrogens (primary N) is 2. The fourth-order valence-corrected chi connectivity index (χ4v) is 2.71. The minimum absolute atomic E-state index is 0.103. The molecule has 0 radical (unpaired) electrons. The van der Waals surface area contributed by atoms with Gasteiger partial charge in [-0.1, -0.05) is 60.7 Å². The van der Waals surface area contributed by atoms with Gasteiger partial charge in [-0.05, 0) is 36.1 Å². The van der Waals surface area contributed by atoms with Gasteiger partial charge in [0.2, 0.25) is 11.8 Å². The van der Waals surface area contributed by atoms with Crippen LogP contribution in [0.4, 0.5) is 0 Å². The lowest BCUT2D eigenvalue weighted by molar-refractivity contribution is -0.114. The van der Waals surface area contributed by atoms with Crippen LogP contribution in [0, 0.1) is 0 Å². The number of hydrogen-bond donors (Lipinski definition) is 2. The molecule has 0 fully saturated rings. The number of carbonyl (C=O) groups excluding carboxylic acids is 2. The zero-order valence-corrected chi connectivity index (χ0v) is 14.5. The Hall–Kier alpha value is -3.14. The predicted octanol–water partition coefficient (Wildman–Crippen LogP) is 3.29. The average molecular weight is 334 g/mol. The highest BCUT2D eigenvalue weighted by molar-refractivity contribution is 6.06. The molecule has 2 aromatic rings. The van der Waals surface area contributed by atoms with E-state index in [0.29, 0.717) is 11.1 Å². The van der Waals surface area contributed by atoms with Gasteiger partial charge in [0.1, 0.15) is 0 Å². The summed E-state index contributed by atoms with van der Waals surface area (Å²) in [6.07, 6.45) is 0.103. The Morgan fingerprint density at radius 3 is 1.28 bits per heavy atom. The Morgan fingerprint density at radius 2 is 1.00 bits per heavy atom. The summed E-state index contributed by atoms with van der Waals surface area (Å²) in [5.41, 5.74) is 15.2. The molecule has 0 aliphatic heterocycles. The first-order chi connectivity index (χ1) is 11.9. The number of rotatable bonds is 6. The number of hydrogen-bond acceptors (Lipinski definition) is 2. The highest BCUT2D eigenvalue weighted by Crippen LogP contribution is 2.27. The van der Waals surface area contributed by atoms with Crippen molar-refractivity contribution >= 4 is 23.0 Å². The summed E-state index contributed by atoms with van der Waals surface area (Å²) in [4.78, 5) is 24.0. The number of primary amides is 2. The second-order valence-corrected chi connectivity index (χ2v) is 5.84. The summed E-state index contributed by atoms with van der Waals surface area (Å²) in [6.45, 7) is 3.65. The Bertz CT molecular complexity index is 763. The molecular formula is C21H22N2O2. The molecule has 2 rings (SSSR count). The third-order valence-electron chi connectivity index (χ3n) is 4.27. The molecule has 0 heterocycles. The van der Waals surface area contributed by atoms with Gasteiger partial charge in [-0.15, -0.1) is 0 Å². The van der Waals surface area contributed by atoms with Crippen molar-refractivity contribution in [3.05, 3.63) is 82.9 Å². The zero-order chi connectivity index (χ0) is 18.4. The highest BCUT2D eigenvalue weighted by Gasteiger charge is 2.18. The van der Waals surface area contributed by atoms with Crippen LogP contribution in [0.2, 0.25) is 0 Å². The van der Waals surface area contributed by atoms with E-state index in [1.807, 2.05) is 74.5 Å². The van der Waals surface area contributed by atoms with Gasteiger partial charge in [-0.2, -0.15) is 0 Å². The molecule has 2 aromatic carbocycles. The average Bonchev–Trinajstić information content (AvgIpc) is 2.62. The van der Waals surface area contributed by atoms with Gasteiger partial charge in [0.05, 0.1) is 0 Å². The minimum Gasteiger partial charge on any atom is -0.366 e. The Morgan fingerprint density at radius 1 is 0.680 bits per heavy atom. The van der Waals surface area contributed by atoms with E-state index < -0.39 is 11.8 Å². The standard InChI is InChI=1S/C21H22N2O2/c1-14(16-9-5-3-6-10-16)18(20(22)24)13-19(21(23)25)15(2)17-11-7-4-8-12-17/h3-12H,13H2,1-2H3,(H2,22,24)(H2,23,25). The molecule has 2 amide bonds. The van der Waals surface area contributed by atoms with Crippen molar-refractivity contribution in [3.63, 3.8) is 0 Å². The smallest absolute Gasteiger partial charge is 0.245 e. The molecule has 4 N–H and O–H groups in total. The maximum Gasteiger partial charge on any atom is 0.245 e. The van der Waals surface area contributed by atoms with Crippen LogP contribution in [0.15, 0.2) is 71.8 Å². The van der Waals surface area contributed by atoms with Gasteiger partial charge in [-0.3, -0.25) is 9.59 Å². The van der Waals surface area contributed by atoms with E-state index >= 15 is 0 Å². The van der Waals surface area contributed by atoms with Crippen LogP contribution < -0.4 is 11.5 Å². The summed E-state index contributed by atoms with van der Waals surface area (Å²) >= 11 is 0. The van der Waals surface area contributed by atoms with E-state index in [1.165, 1.54) is 0 Å². The second kappa shape index (κ2) is 8.11. The van der Waals surface area contributed by atoms with E-state index in [4.69, 9.17) is 11.5 Å². The summed E-state index contributed by atoms with van der Waals surface area (Å²) in [7, 11) is 0. The lowest BCUT2D eigenvalue weighted by atomic mass is 9.91. The quantitative estimate of drug-likeness (QED) is 0.794. The number of amides is 2. The molecule has 25 heavy (non-hydrogen) atoms. The van der Waals surface area contributed by atoms with Crippen LogP contribution in [-0.4, -0.2) is 11.8 Å². The topological polar surface area (TPSA) is 86.2 Å². The second-order valence-electron chi connectivity index (χ2n) is 5.84. The maximum absolute atomic E-state index is 12.0. The molecule has 0 aromatic heterocycles. The predicted molar refractivity (Wildman–Crippen MR) is 101 cm³/mol. The van der Waals surface area contributed by atoms with Crippen LogP contribution in [0.3, 0.4) is 0 Å². The Kier molecular flexibility index (Phi) is 5.90. The molecular weight excluding hydrogens is 312 g/mol. The minimum atomic E-state index is -0.555. The third kappa shape index (κ3) is 4.44. The molecule has 0 atom stereocenters. The number of carbonyl (C=O) groups is 2. The first-order valence-corrected chi connectivity index (χ1v) is 8.01. The van der Waals surface area contributed by atoms with Gasteiger partial charge in [0.15, 0.2) is 0 Å². The van der Waals surface area contributed by atoms with Crippen LogP contribution in [0.1, 0.15) is 31.4 Å². The van der Waals surface area contributed by atoms with Crippen LogP contribution in [-0.2, 0) is 9.59 Å². The molecule has 0 saturated heterocycles. The lowest BCUT2D eigenvalue weighted by Gasteiger charge is -2.14. The van der Waals surface area contributed by atoms with E-state index in [2.05, 4.69) is 0 Å². The van der Waals surface area contributed by atoms with Crippen molar-refractivity contribution in [2.24, 2.45) is 11.5 Å². The van der Waals surface area contributed by atoms with Gasteiger partial charge < -0.3 is 11.5 Å². The number of allylic oxidation sites excluding steroid dienone is 2. The van der Waals surface area contributed by atoms with Gasteiger partial charge in [0.25, 0.3) is 0 Å². The Labute approximate surface area is 147 Å². The fourth-order valence-electron chi connectivity index (χ4n) is 2.71. The van der Waals surface area contributed by atoms with Gasteiger partial charge in [-0.25, -0.2) is 0 Å². The van der Waals surface area contributed by atoms with Crippen LogP contribution in [0.25, 0.3) is 11.1 Å². The van der Waals surface area contributed by atoms with Crippen molar-refractivity contribution in [1.29, 1.82) is 0 Å². The van der Waals surface area contributed by atoms with Gasteiger partial charge in [0, 0.05) is 17.6 Å². The van der Waals surface area contributed by atoms with E-state index in [-0.39, 0.29) is 6.42 Å². The molecule has 0 aliphatic carbocycles. The zero-order valence-electron chi connectivity index (χ0n) is 14.5. The largest absolute Gasteiger partial charge is 0.366 e. The first-order valence-electron chi connectivity index (χ1n) is 8.01. The van der Waals surface area contributed by atoms with E-state index in [1.54, 1.807) is 0 Å². The first kappa shape index (κ1) is 18.2. The molecule has 0 aliphatic rings. The van der Waals surface area contributed by atoms with Crippen molar-refractivity contribution in [2.75, 3.05) is 0 Å². The van der Waals surface area contributed by atoms with Crippen molar-refractivity contribution in [3.8, 4) is 0 Å². The monoisotopic (exact) mass is 334 g/mol. The van der Waals surface area contributed by atoms with Crippen molar-refractivity contribution in [2.45, 2.75) is 20.3 Å². The molecule has 4 heteroatoms. The van der Waals surface area contributed by atoms with Crippen molar-refractivity contribution in [1.82, 2.24) is 0 Å². The van der Waals surface area contributed by atoms with E-state index in [0.717, 1.165) is 22.3 Å². The maximum atomic E-state index is 12.0. The number of benzene rings is 2. The van der Waals surface area contributed by atoms with Crippen LogP contribution >= 0.6 is 0 Å². The summed E-state index contributed by atoms with van der Waals surface area (Å²) in [6, 6.07) is 18.9. The highest BCUT2D eigenvalue weighted by atomic mass is 16.1. The van der Waals surface area contributed by atoms with Gasteiger partial charge >= 0.3 is 0 Å². The SMILES string of the molecule is CC(=C(CC(C(N)=O)=C(C)c1ccccc1)C(N)=O)c1ccccc1. The Balaban J connectivity index is 2.53. The van der Waals surface area contributed by atoms with E-state index in [9.17, 15) is 9.59 Å². The summed E-state index contributed by atoms with van der Waals surface area (Å²) < 4.78 is 0. The molecule has 0 spiro atoms. The third-order valence-corrected chi connectivity index (χ3v) is 4.27. The summed E-state index contributed by atoms with van der Waals surface area (Å²) in [5.74, 6) is -1.11. The molecule has 4 nitrogen and oxygen atoms in total. The molecule has 0 unspecified atom stereocenters. The molecule has 128 valence electrons. The van der Waals surface area contributed by atoms with Crippen LogP contribution in [0.5, 0.6) is 0 Å². The molecule has 0 bridgehead atoms. The molecule has 0 saturated carbocycles. The lowest BCUT2D eigenvalue weighted by Crippen LogP contribution is -2.21. The normalized spacial score (nSPS) is 12.9. The fraction of sp³-hybridized carbons (Fsp3) is 0.143. The van der Waals surface area contributed by atoms with Crippen molar-refractivity contribution < 1.29 is 9.59 Å². The summed E-state index contributed by atoms with van der Waals surface area (Å²) in [5, 5.41) is 0.